The van der Waals surface area contributed by atoms with Gasteiger partial charge < -0.3 is 0 Å². The Balaban J connectivity index is 2.28. The average molecular weight is 301 g/mol. The second-order valence-electron chi connectivity index (χ2n) is 6.47. The lowest BCUT2D eigenvalue weighted by molar-refractivity contribution is 0.509. The number of benzene rings is 1. The van der Waals surface area contributed by atoms with Gasteiger partial charge in [0.05, 0.1) is 17.6 Å². The first-order valence-electron chi connectivity index (χ1n) is 7.08. The summed E-state index contributed by atoms with van der Waals surface area (Å²) in [6.07, 6.45) is 1.83. The molecule has 5 heteroatoms. The normalized spacial score (nSPS) is 12.1. The van der Waals surface area contributed by atoms with Gasteiger partial charge >= 0.3 is 0 Å². The monoisotopic (exact) mass is 301 g/mol. The third kappa shape index (κ3) is 2.47. The highest BCUT2D eigenvalue weighted by Crippen LogP contribution is 2.30. The Labute approximate surface area is 127 Å². The topological polar surface area (TPSA) is 30.2 Å². The lowest BCUT2D eigenvalue weighted by atomic mass is 9.87. The Morgan fingerprint density at radius 2 is 1.77 bits per heavy atom. The molecule has 3 rings (SSSR count). The van der Waals surface area contributed by atoms with E-state index < -0.39 is 11.6 Å². The van der Waals surface area contributed by atoms with E-state index in [0.29, 0.717) is 11.3 Å². The molecule has 0 spiro atoms. The zero-order valence-corrected chi connectivity index (χ0v) is 13.0. The van der Waals surface area contributed by atoms with Gasteiger partial charge in [0.15, 0.2) is 17.3 Å². The number of nitrogens with zero attached hydrogens (tertiary/aromatic N) is 3. The molecule has 0 saturated heterocycles. The molecule has 0 saturated carbocycles. The van der Waals surface area contributed by atoms with E-state index in [4.69, 9.17) is 0 Å². The molecule has 3 nitrogen and oxygen atoms in total. The Bertz CT molecular complexity index is 860. The van der Waals surface area contributed by atoms with Crippen LogP contribution in [-0.2, 0) is 5.41 Å². The van der Waals surface area contributed by atoms with Crippen molar-refractivity contribution in [2.45, 2.75) is 33.1 Å². The van der Waals surface area contributed by atoms with Crippen molar-refractivity contribution in [3.63, 3.8) is 0 Å². The minimum atomic E-state index is -0.876. The predicted octanol–water partition coefficient (Wildman–Crippen LogP) is 4.28. The summed E-state index contributed by atoms with van der Waals surface area (Å²) in [6.45, 7) is 8.16. The Hall–Kier alpha value is -2.30. The zero-order valence-electron chi connectivity index (χ0n) is 13.0. The van der Waals surface area contributed by atoms with Crippen LogP contribution in [0.3, 0.4) is 0 Å². The maximum absolute atomic E-state index is 13.5. The summed E-state index contributed by atoms with van der Waals surface area (Å²) in [5.74, 6) is -1.74. The van der Waals surface area contributed by atoms with E-state index in [-0.39, 0.29) is 5.41 Å². The number of aryl methyl sites for hydroxylation is 1. The van der Waals surface area contributed by atoms with Gasteiger partial charge in [-0.15, -0.1) is 0 Å². The molecule has 2 aromatic heterocycles. The van der Waals surface area contributed by atoms with Crippen LogP contribution in [0, 0.1) is 18.6 Å². The smallest absolute Gasteiger partial charge is 0.159 e. The Morgan fingerprint density at radius 3 is 2.41 bits per heavy atom. The summed E-state index contributed by atoms with van der Waals surface area (Å²) in [6, 6.07) is 5.71. The van der Waals surface area contributed by atoms with Crippen molar-refractivity contribution >= 4 is 5.65 Å². The molecule has 114 valence electrons. The first-order valence-corrected chi connectivity index (χ1v) is 7.08. The van der Waals surface area contributed by atoms with Gasteiger partial charge in [-0.25, -0.2) is 18.3 Å². The number of imidazole rings is 1. The van der Waals surface area contributed by atoms with Crippen LogP contribution in [0.4, 0.5) is 8.78 Å². The van der Waals surface area contributed by atoms with Crippen molar-refractivity contribution in [2.24, 2.45) is 0 Å². The number of fused-ring (bicyclic) bond motifs is 1. The largest absolute Gasteiger partial charge is 0.232 e. The lowest BCUT2D eigenvalue weighted by Crippen LogP contribution is -2.14. The number of hydrogen-bond acceptors (Lipinski definition) is 2. The van der Waals surface area contributed by atoms with Gasteiger partial charge in [-0.3, -0.25) is 0 Å². The van der Waals surface area contributed by atoms with Gasteiger partial charge in [-0.05, 0) is 36.6 Å². The molecule has 0 radical (unpaired) electrons. The first-order chi connectivity index (χ1) is 10.3. The minimum Gasteiger partial charge on any atom is -0.232 e. The molecular formula is C17H17F2N3. The van der Waals surface area contributed by atoms with Crippen molar-refractivity contribution in [1.29, 1.82) is 0 Å². The number of aromatic nitrogens is 3. The van der Waals surface area contributed by atoms with Crippen molar-refractivity contribution < 1.29 is 8.78 Å². The van der Waals surface area contributed by atoms with Crippen LogP contribution in [0.5, 0.6) is 0 Å². The molecule has 0 unspecified atom stereocenters. The summed E-state index contributed by atoms with van der Waals surface area (Å²) in [5.41, 5.74) is 3.65. The third-order valence-electron chi connectivity index (χ3n) is 3.57. The standard InChI is InChI=1S/C17H17F2N3/c1-10-9-22-16(20-10)12(17(2,3)4)8-15(21-22)11-5-6-13(18)14(19)7-11/h5-9H,1-4H3. The number of rotatable bonds is 1. The second-order valence-corrected chi connectivity index (χ2v) is 6.47. The van der Waals surface area contributed by atoms with E-state index in [1.165, 1.54) is 12.1 Å². The van der Waals surface area contributed by atoms with Gasteiger partial charge in [-0.2, -0.15) is 5.10 Å². The van der Waals surface area contributed by atoms with Gasteiger partial charge in [0, 0.05) is 11.1 Å². The molecule has 0 aliphatic rings. The predicted molar refractivity (Wildman–Crippen MR) is 81.8 cm³/mol. The molecule has 0 aliphatic heterocycles. The van der Waals surface area contributed by atoms with Gasteiger partial charge in [-0.1, -0.05) is 20.8 Å². The van der Waals surface area contributed by atoms with Crippen LogP contribution in [0.25, 0.3) is 16.9 Å². The molecule has 2 heterocycles. The molecule has 0 bridgehead atoms. The summed E-state index contributed by atoms with van der Waals surface area (Å²) in [7, 11) is 0. The molecule has 0 N–H and O–H groups in total. The highest BCUT2D eigenvalue weighted by molar-refractivity contribution is 5.64. The summed E-state index contributed by atoms with van der Waals surface area (Å²) >= 11 is 0. The quantitative estimate of drug-likeness (QED) is 0.671. The third-order valence-corrected chi connectivity index (χ3v) is 3.57. The molecule has 3 aromatic rings. The molecular weight excluding hydrogens is 284 g/mol. The molecule has 1 aromatic carbocycles. The molecule has 0 aliphatic carbocycles. The maximum Gasteiger partial charge on any atom is 0.159 e. The molecule has 0 atom stereocenters. The SMILES string of the molecule is Cc1cn2nc(-c3ccc(F)c(F)c3)cc(C(C)(C)C)c2n1. The second kappa shape index (κ2) is 4.87. The molecule has 0 fully saturated rings. The van der Waals surface area contributed by atoms with E-state index in [9.17, 15) is 8.78 Å². The average Bonchev–Trinajstić information content (AvgIpc) is 2.79. The lowest BCUT2D eigenvalue weighted by Gasteiger charge is -2.20. The van der Waals surface area contributed by atoms with Crippen LogP contribution in [-0.4, -0.2) is 14.6 Å². The van der Waals surface area contributed by atoms with Crippen LogP contribution < -0.4 is 0 Å². The summed E-state index contributed by atoms with van der Waals surface area (Å²) < 4.78 is 28.3. The van der Waals surface area contributed by atoms with Crippen molar-refractivity contribution in [3.8, 4) is 11.3 Å². The maximum atomic E-state index is 13.5. The zero-order chi connectivity index (χ0) is 16.1. The Kier molecular flexibility index (Phi) is 3.24. The van der Waals surface area contributed by atoms with Crippen molar-refractivity contribution in [3.05, 3.63) is 53.4 Å². The number of halogens is 2. The van der Waals surface area contributed by atoms with Crippen LogP contribution >= 0.6 is 0 Å². The van der Waals surface area contributed by atoms with Crippen LogP contribution in [0.2, 0.25) is 0 Å². The highest BCUT2D eigenvalue weighted by atomic mass is 19.2. The van der Waals surface area contributed by atoms with Crippen LogP contribution in [0.15, 0.2) is 30.5 Å². The van der Waals surface area contributed by atoms with E-state index >= 15 is 0 Å². The highest BCUT2D eigenvalue weighted by Gasteiger charge is 2.21. The summed E-state index contributed by atoms with van der Waals surface area (Å²) in [5, 5.41) is 4.48. The van der Waals surface area contributed by atoms with E-state index in [1.54, 1.807) is 4.52 Å². The van der Waals surface area contributed by atoms with Gasteiger partial charge in [0.1, 0.15) is 0 Å². The fourth-order valence-corrected chi connectivity index (χ4v) is 2.44. The Morgan fingerprint density at radius 1 is 1.05 bits per heavy atom. The van der Waals surface area contributed by atoms with Crippen molar-refractivity contribution in [2.75, 3.05) is 0 Å². The molecule has 0 amide bonds. The van der Waals surface area contributed by atoms with E-state index in [2.05, 4.69) is 30.9 Å². The van der Waals surface area contributed by atoms with Gasteiger partial charge in [0.2, 0.25) is 0 Å². The van der Waals surface area contributed by atoms with Crippen molar-refractivity contribution in [1.82, 2.24) is 14.6 Å². The number of hydrogen-bond donors (Lipinski definition) is 0. The minimum absolute atomic E-state index is 0.144. The fourth-order valence-electron chi connectivity index (χ4n) is 2.44. The van der Waals surface area contributed by atoms with Crippen LogP contribution in [0.1, 0.15) is 32.0 Å². The molecule has 22 heavy (non-hydrogen) atoms. The first kappa shape index (κ1) is 14.6. The fraction of sp³-hybridized carbons (Fsp3) is 0.294. The van der Waals surface area contributed by atoms with E-state index in [0.717, 1.165) is 23.0 Å². The van der Waals surface area contributed by atoms with E-state index in [1.807, 2.05) is 19.2 Å². The van der Waals surface area contributed by atoms with Gasteiger partial charge in [0.25, 0.3) is 0 Å². The summed E-state index contributed by atoms with van der Waals surface area (Å²) in [4.78, 5) is 4.51.